The quantitative estimate of drug-likeness (QED) is 0.186. The molecular weight excluding hydrogens is 491 g/mol. The Bertz CT molecular complexity index is 912. The summed E-state index contributed by atoms with van der Waals surface area (Å²) < 4.78 is 10.9. The van der Waals surface area contributed by atoms with Gasteiger partial charge in [0, 0.05) is 18.7 Å². The normalized spacial score (nSPS) is 10.9. The fourth-order valence-corrected chi connectivity index (χ4v) is 2.92. The van der Waals surface area contributed by atoms with Gasteiger partial charge in [-0.05, 0) is 49.6 Å². The van der Waals surface area contributed by atoms with E-state index in [1.165, 1.54) is 5.56 Å². The molecule has 3 rings (SSSR count). The Morgan fingerprint density at radius 3 is 2.70 bits per heavy atom. The molecule has 0 spiro atoms. The molecule has 0 aliphatic carbocycles. The van der Waals surface area contributed by atoms with Crippen molar-refractivity contribution in [3.8, 4) is 17.2 Å². The fraction of sp³-hybridized carbons (Fsp3) is 0.304. The predicted octanol–water partition coefficient (Wildman–Crippen LogP) is 4.66. The van der Waals surface area contributed by atoms with Crippen molar-refractivity contribution in [2.45, 2.75) is 26.3 Å². The van der Waals surface area contributed by atoms with E-state index in [4.69, 9.17) is 9.15 Å². The van der Waals surface area contributed by atoms with Gasteiger partial charge in [-0.2, -0.15) is 0 Å². The molecule has 0 unspecified atom stereocenters. The molecule has 2 aromatic carbocycles. The second kappa shape index (κ2) is 12.9. The summed E-state index contributed by atoms with van der Waals surface area (Å²) >= 11 is 0. The van der Waals surface area contributed by atoms with Gasteiger partial charge in [-0.15, -0.1) is 24.0 Å². The second-order valence-corrected chi connectivity index (χ2v) is 6.59. The molecule has 3 aromatic rings. The summed E-state index contributed by atoms with van der Waals surface area (Å²) in [5.74, 6) is 2.29. The topological polar surface area (TPSA) is 71.7 Å². The monoisotopic (exact) mass is 520 g/mol. The lowest BCUT2D eigenvalue weighted by molar-refractivity contribution is 0.414. The van der Waals surface area contributed by atoms with Gasteiger partial charge in [0.1, 0.15) is 17.7 Å². The third-order valence-corrected chi connectivity index (χ3v) is 4.38. The van der Waals surface area contributed by atoms with Crippen LogP contribution in [-0.2, 0) is 13.0 Å². The highest BCUT2D eigenvalue weighted by Gasteiger charge is 2.06. The number of aliphatic imine (C=N–C) groups is 1. The molecule has 0 aliphatic rings. The molecule has 7 heteroatoms. The lowest BCUT2D eigenvalue weighted by Crippen LogP contribution is -2.37. The second-order valence-electron chi connectivity index (χ2n) is 6.59. The first-order chi connectivity index (χ1) is 14.3. The summed E-state index contributed by atoms with van der Waals surface area (Å²) in [6, 6.07) is 18.1. The van der Waals surface area contributed by atoms with Crippen LogP contribution in [0.25, 0.3) is 11.5 Å². The van der Waals surface area contributed by atoms with Crippen LogP contribution < -0.4 is 15.4 Å². The third-order valence-electron chi connectivity index (χ3n) is 4.38. The summed E-state index contributed by atoms with van der Waals surface area (Å²) in [5, 5.41) is 6.65. The maximum atomic E-state index is 5.58. The minimum absolute atomic E-state index is 0. The van der Waals surface area contributed by atoms with E-state index in [0.717, 1.165) is 48.9 Å². The van der Waals surface area contributed by atoms with Crippen molar-refractivity contribution in [1.29, 1.82) is 0 Å². The number of hydrogen-bond acceptors (Lipinski definition) is 4. The van der Waals surface area contributed by atoms with Crippen molar-refractivity contribution >= 4 is 29.9 Å². The smallest absolute Gasteiger partial charge is 0.226 e. The van der Waals surface area contributed by atoms with Crippen LogP contribution in [-0.4, -0.2) is 31.1 Å². The molecule has 160 valence electrons. The summed E-state index contributed by atoms with van der Waals surface area (Å²) in [6.45, 7) is 4.14. The number of nitrogens with zero attached hydrogens (tertiary/aromatic N) is 2. The minimum atomic E-state index is 0. The number of ether oxygens (including phenoxy) is 1. The van der Waals surface area contributed by atoms with Crippen molar-refractivity contribution in [3.63, 3.8) is 0 Å². The van der Waals surface area contributed by atoms with Crippen molar-refractivity contribution < 1.29 is 9.15 Å². The van der Waals surface area contributed by atoms with Gasteiger partial charge in [0.05, 0.1) is 13.7 Å². The average Bonchev–Trinajstić information content (AvgIpc) is 3.25. The highest BCUT2D eigenvalue weighted by Crippen LogP contribution is 2.18. The molecule has 2 N–H and O–H groups in total. The number of halogens is 1. The standard InChI is InChI=1S/C23H28N4O2.HI/c1-3-24-23(25-14-8-10-18-9-7-13-21(15-18)28-2)26-16-20-17-29-22(27-20)19-11-5-4-6-12-19;/h4-7,9,11-13,15,17H,3,8,10,14,16H2,1-2H3,(H2,24,25,26);1H. The maximum Gasteiger partial charge on any atom is 0.226 e. The van der Waals surface area contributed by atoms with Gasteiger partial charge in [0.15, 0.2) is 5.96 Å². The summed E-state index contributed by atoms with van der Waals surface area (Å²) in [7, 11) is 1.69. The molecule has 0 aliphatic heterocycles. The zero-order valence-electron chi connectivity index (χ0n) is 17.4. The van der Waals surface area contributed by atoms with E-state index in [2.05, 4.69) is 39.7 Å². The largest absolute Gasteiger partial charge is 0.497 e. The molecule has 0 bridgehead atoms. The minimum Gasteiger partial charge on any atom is -0.497 e. The highest BCUT2D eigenvalue weighted by molar-refractivity contribution is 14.0. The highest BCUT2D eigenvalue weighted by atomic mass is 127. The van der Waals surface area contributed by atoms with Crippen molar-refractivity contribution in [2.75, 3.05) is 20.2 Å². The SMILES string of the molecule is CCNC(=NCc1coc(-c2ccccc2)n1)NCCCc1cccc(OC)c1.I. The van der Waals surface area contributed by atoms with Gasteiger partial charge >= 0.3 is 0 Å². The number of aromatic nitrogens is 1. The Morgan fingerprint density at radius 2 is 1.93 bits per heavy atom. The molecule has 6 nitrogen and oxygen atoms in total. The van der Waals surface area contributed by atoms with E-state index < -0.39 is 0 Å². The van der Waals surface area contributed by atoms with Gasteiger partial charge in [-0.25, -0.2) is 9.98 Å². The zero-order valence-corrected chi connectivity index (χ0v) is 19.8. The first-order valence-corrected chi connectivity index (χ1v) is 9.93. The van der Waals surface area contributed by atoms with E-state index in [-0.39, 0.29) is 24.0 Å². The number of methoxy groups -OCH3 is 1. The van der Waals surface area contributed by atoms with Gasteiger partial charge in [-0.3, -0.25) is 0 Å². The number of aryl methyl sites for hydroxylation is 1. The number of nitrogens with one attached hydrogen (secondary N) is 2. The number of oxazole rings is 1. The Morgan fingerprint density at radius 1 is 1.10 bits per heavy atom. The van der Waals surface area contributed by atoms with Crippen LogP contribution in [0.5, 0.6) is 5.75 Å². The zero-order chi connectivity index (χ0) is 20.3. The van der Waals surface area contributed by atoms with E-state index in [1.54, 1.807) is 13.4 Å². The molecule has 30 heavy (non-hydrogen) atoms. The Labute approximate surface area is 195 Å². The van der Waals surface area contributed by atoms with Crippen LogP contribution in [0.1, 0.15) is 24.6 Å². The summed E-state index contributed by atoms with van der Waals surface area (Å²) in [4.78, 5) is 9.14. The van der Waals surface area contributed by atoms with Crippen molar-refractivity contribution in [3.05, 3.63) is 72.1 Å². The van der Waals surface area contributed by atoms with Gasteiger partial charge in [0.2, 0.25) is 5.89 Å². The van der Waals surface area contributed by atoms with Crippen LogP contribution in [0.15, 0.2) is 70.3 Å². The Kier molecular flexibility index (Phi) is 10.2. The molecule has 0 amide bonds. The van der Waals surface area contributed by atoms with Gasteiger partial charge in [0.25, 0.3) is 0 Å². The Hall–Kier alpha value is -2.55. The van der Waals surface area contributed by atoms with Crippen LogP contribution in [0.2, 0.25) is 0 Å². The van der Waals surface area contributed by atoms with Gasteiger partial charge in [-0.1, -0.05) is 30.3 Å². The first kappa shape index (κ1) is 23.7. The number of guanidine groups is 1. The molecule has 0 fully saturated rings. The molecule has 0 atom stereocenters. The lowest BCUT2D eigenvalue weighted by Gasteiger charge is -2.11. The molecule has 1 heterocycles. The molecule has 0 saturated carbocycles. The summed E-state index contributed by atoms with van der Waals surface area (Å²) in [5.41, 5.74) is 3.03. The van der Waals surface area contributed by atoms with Crippen molar-refractivity contribution in [1.82, 2.24) is 15.6 Å². The summed E-state index contributed by atoms with van der Waals surface area (Å²) in [6.07, 6.45) is 3.64. The lowest BCUT2D eigenvalue weighted by atomic mass is 10.1. The molecule has 0 radical (unpaired) electrons. The van der Waals surface area contributed by atoms with Crippen LogP contribution in [0.4, 0.5) is 0 Å². The van der Waals surface area contributed by atoms with Crippen LogP contribution in [0, 0.1) is 0 Å². The fourth-order valence-electron chi connectivity index (χ4n) is 2.92. The van der Waals surface area contributed by atoms with Gasteiger partial charge < -0.3 is 19.8 Å². The molecule has 0 saturated heterocycles. The molecular formula is C23H29IN4O2. The van der Waals surface area contributed by atoms with E-state index in [1.807, 2.05) is 42.5 Å². The third kappa shape index (κ3) is 7.37. The maximum absolute atomic E-state index is 5.58. The number of hydrogen-bond donors (Lipinski definition) is 2. The van der Waals surface area contributed by atoms with E-state index in [9.17, 15) is 0 Å². The average molecular weight is 520 g/mol. The van der Waals surface area contributed by atoms with E-state index >= 15 is 0 Å². The first-order valence-electron chi connectivity index (χ1n) is 9.93. The van der Waals surface area contributed by atoms with Crippen LogP contribution in [0.3, 0.4) is 0 Å². The van der Waals surface area contributed by atoms with E-state index in [0.29, 0.717) is 12.4 Å². The predicted molar refractivity (Wildman–Crippen MR) is 131 cm³/mol. The Balaban J connectivity index is 0.00000320. The van der Waals surface area contributed by atoms with Crippen molar-refractivity contribution in [2.24, 2.45) is 4.99 Å². The molecule has 1 aromatic heterocycles. The number of benzene rings is 2. The van der Waals surface area contributed by atoms with Crippen LogP contribution >= 0.6 is 24.0 Å². The number of rotatable bonds is 9.